The van der Waals surface area contributed by atoms with Gasteiger partial charge in [-0.1, -0.05) is 0 Å². The van der Waals surface area contributed by atoms with Gasteiger partial charge in [-0.15, -0.1) is 0 Å². The summed E-state index contributed by atoms with van der Waals surface area (Å²) in [5, 5.41) is 0. The minimum absolute atomic E-state index is 0.0192. The summed E-state index contributed by atoms with van der Waals surface area (Å²) >= 11 is 0. The molecule has 0 bridgehead atoms. The van der Waals surface area contributed by atoms with Gasteiger partial charge >= 0.3 is 12.1 Å². The van der Waals surface area contributed by atoms with E-state index < -0.39 is 5.60 Å². The van der Waals surface area contributed by atoms with Gasteiger partial charge in [0, 0.05) is 13.1 Å². The highest BCUT2D eigenvalue weighted by atomic mass is 16.6. The van der Waals surface area contributed by atoms with Crippen molar-refractivity contribution in [3.8, 4) is 0 Å². The summed E-state index contributed by atoms with van der Waals surface area (Å²) in [5.74, 6) is 0.769. The molecule has 0 aromatic carbocycles. The van der Waals surface area contributed by atoms with Gasteiger partial charge in [0.05, 0.1) is 12.5 Å². The lowest BCUT2D eigenvalue weighted by atomic mass is 10.0. The maximum absolute atomic E-state index is 12.0. The smallest absolute Gasteiger partial charge is 0.410 e. The van der Waals surface area contributed by atoms with Gasteiger partial charge < -0.3 is 14.4 Å². The highest BCUT2D eigenvalue weighted by Crippen LogP contribution is 2.42. The Balaban J connectivity index is 1.85. The molecule has 1 aliphatic carbocycles. The SMILES string of the molecule is CCOC(=O)C1C[C@@H]2CN(C(=O)OC(C)(C)C)C[C@H]2C1. The zero-order valence-corrected chi connectivity index (χ0v) is 12.8. The summed E-state index contributed by atoms with van der Waals surface area (Å²) in [4.78, 5) is 25.6. The molecule has 2 rings (SSSR count). The van der Waals surface area contributed by atoms with Gasteiger partial charge in [-0.05, 0) is 52.4 Å². The van der Waals surface area contributed by atoms with Crippen LogP contribution in [-0.4, -0.2) is 42.3 Å². The van der Waals surface area contributed by atoms with E-state index in [0.717, 1.165) is 12.8 Å². The molecule has 5 heteroatoms. The predicted molar refractivity (Wildman–Crippen MR) is 74.1 cm³/mol. The van der Waals surface area contributed by atoms with Crippen molar-refractivity contribution in [2.75, 3.05) is 19.7 Å². The number of carbonyl (C=O) groups excluding carboxylic acids is 2. The highest BCUT2D eigenvalue weighted by molar-refractivity contribution is 5.73. The Morgan fingerprint density at radius 2 is 1.70 bits per heavy atom. The van der Waals surface area contributed by atoms with Crippen LogP contribution in [0.1, 0.15) is 40.5 Å². The van der Waals surface area contributed by atoms with Gasteiger partial charge in [0.15, 0.2) is 0 Å². The molecule has 1 saturated heterocycles. The summed E-state index contributed by atoms with van der Waals surface area (Å²) in [6.07, 6.45) is 1.44. The molecule has 2 atom stereocenters. The minimum Gasteiger partial charge on any atom is -0.466 e. The molecule has 1 amide bonds. The molecule has 0 N–H and O–H groups in total. The second kappa shape index (κ2) is 5.62. The average molecular weight is 283 g/mol. The zero-order valence-electron chi connectivity index (χ0n) is 12.8. The van der Waals surface area contributed by atoms with E-state index in [1.165, 1.54) is 0 Å². The minimum atomic E-state index is -0.456. The molecule has 5 nitrogen and oxygen atoms in total. The fourth-order valence-electron chi connectivity index (χ4n) is 3.23. The zero-order chi connectivity index (χ0) is 14.9. The second-order valence-corrected chi connectivity index (χ2v) is 6.83. The molecule has 1 heterocycles. The first kappa shape index (κ1) is 15.1. The molecule has 0 aromatic heterocycles. The third-order valence-corrected chi connectivity index (χ3v) is 4.02. The number of fused-ring (bicyclic) bond motifs is 1. The standard InChI is InChI=1S/C15H25NO4/c1-5-19-13(17)10-6-11-8-16(9-12(11)7-10)14(18)20-15(2,3)4/h10-12H,5-9H2,1-4H3/t11-,12-/m1/s1. The topological polar surface area (TPSA) is 55.8 Å². The first-order chi connectivity index (χ1) is 9.30. The van der Waals surface area contributed by atoms with Crippen LogP contribution in [0.4, 0.5) is 4.79 Å². The Morgan fingerprint density at radius 3 is 2.15 bits per heavy atom. The molecule has 2 aliphatic rings. The molecule has 1 aliphatic heterocycles. The lowest BCUT2D eigenvalue weighted by Gasteiger charge is -2.25. The average Bonchev–Trinajstić information content (AvgIpc) is 2.83. The molecule has 20 heavy (non-hydrogen) atoms. The van der Waals surface area contributed by atoms with Gasteiger partial charge in [-0.25, -0.2) is 4.79 Å². The van der Waals surface area contributed by atoms with Crippen LogP contribution in [0.5, 0.6) is 0 Å². The van der Waals surface area contributed by atoms with Crippen molar-refractivity contribution in [3.63, 3.8) is 0 Å². The highest BCUT2D eigenvalue weighted by Gasteiger charge is 2.45. The first-order valence-electron chi connectivity index (χ1n) is 7.44. The van der Waals surface area contributed by atoms with E-state index >= 15 is 0 Å². The molecular weight excluding hydrogens is 258 g/mol. The van der Waals surface area contributed by atoms with Crippen molar-refractivity contribution in [2.24, 2.45) is 17.8 Å². The van der Waals surface area contributed by atoms with Crippen molar-refractivity contribution in [1.29, 1.82) is 0 Å². The Labute approximate surface area is 120 Å². The Kier molecular flexibility index (Phi) is 4.25. The van der Waals surface area contributed by atoms with Crippen molar-refractivity contribution in [1.82, 2.24) is 4.90 Å². The van der Waals surface area contributed by atoms with Crippen molar-refractivity contribution in [2.45, 2.75) is 46.1 Å². The molecule has 0 aromatic rings. The monoisotopic (exact) mass is 283 g/mol. The first-order valence-corrected chi connectivity index (χ1v) is 7.44. The fraction of sp³-hybridized carbons (Fsp3) is 0.867. The van der Waals surface area contributed by atoms with Crippen LogP contribution < -0.4 is 0 Å². The number of hydrogen-bond acceptors (Lipinski definition) is 4. The Morgan fingerprint density at radius 1 is 1.15 bits per heavy atom. The van der Waals surface area contributed by atoms with E-state index in [9.17, 15) is 9.59 Å². The van der Waals surface area contributed by atoms with Crippen molar-refractivity contribution < 1.29 is 19.1 Å². The number of likely N-dealkylation sites (tertiary alicyclic amines) is 1. The number of rotatable bonds is 2. The molecular formula is C15H25NO4. The largest absolute Gasteiger partial charge is 0.466 e. The molecule has 0 unspecified atom stereocenters. The van der Waals surface area contributed by atoms with E-state index in [4.69, 9.17) is 9.47 Å². The van der Waals surface area contributed by atoms with E-state index in [1.807, 2.05) is 27.7 Å². The number of amides is 1. The second-order valence-electron chi connectivity index (χ2n) is 6.83. The molecule has 1 saturated carbocycles. The molecule has 0 spiro atoms. The summed E-state index contributed by atoms with van der Waals surface area (Å²) in [7, 11) is 0. The summed E-state index contributed by atoms with van der Waals surface area (Å²) in [6.45, 7) is 9.30. The van der Waals surface area contributed by atoms with Gasteiger partial charge in [-0.3, -0.25) is 4.79 Å². The lowest BCUT2D eigenvalue weighted by Crippen LogP contribution is -2.36. The van der Waals surface area contributed by atoms with E-state index in [-0.39, 0.29) is 18.0 Å². The predicted octanol–water partition coefficient (Wildman–Crippen LogP) is 2.44. The van der Waals surface area contributed by atoms with Crippen LogP contribution in [0, 0.1) is 17.8 Å². The Bertz CT molecular complexity index is 374. The molecule has 2 fully saturated rings. The fourth-order valence-corrected chi connectivity index (χ4v) is 3.23. The third kappa shape index (κ3) is 3.44. The number of esters is 1. The maximum atomic E-state index is 12.0. The number of carbonyl (C=O) groups is 2. The number of hydrogen-bond donors (Lipinski definition) is 0. The Hall–Kier alpha value is -1.26. The van der Waals surface area contributed by atoms with Gasteiger partial charge in [0.25, 0.3) is 0 Å². The normalized spacial score (nSPS) is 26.5. The van der Waals surface area contributed by atoms with Crippen LogP contribution >= 0.6 is 0 Å². The summed E-state index contributed by atoms with van der Waals surface area (Å²) < 4.78 is 10.5. The van der Waals surface area contributed by atoms with Crippen molar-refractivity contribution >= 4 is 12.1 Å². The number of ether oxygens (including phenoxy) is 2. The molecule has 0 radical (unpaired) electrons. The van der Waals surface area contributed by atoms with Crippen LogP contribution in [0.25, 0.3) is 0 Å². The van der Waals surface area contributed by atoms with Crippen LogP contribution in [0.15, 0.2) is 0 Å². The quantitative estimate of drug-likeness (QED) is 0.730. The lowest BCUT2D eigenvalue weighted by molar-refractivity contribution is -0.148. The van der Waals surface area contributed by atoms with Gasteiger partial charge in [-0.2, -0.15) is 0 Å². The summed E-state index contributed by atoms with van der Waals surface area (Å²) in [5.41, 5.74) is -0.456. The maximum Gasteiger partial charge on any atom is 0.410 e. The van der Waals surface area contributed by atoms with E-state index in [1.54, 1.807) is 4.90 Å². The van der Waals surface area contributed by atoms with Crippen LogP contribution in [-0.2, 0) is 14.3 Å². The van der Waals surface area contributed by atoms with Gasteiger partial charge in [0.2, 0.25) is 0 Å². The number of nitrogens with zero attached hydrogens (tertiary/aromatic N) is 1. The van der Waals surface area contributed by atoms with Gasteiger partial charge in [0.1, 0.15) is 5.60 Å². The van der Waals surface area contributed by atoms with E-state index in [2.05, 4.69) is 0 Å². The van der Waals surface area contributed by atoms with Crippen LogP contribution in [0.3, 0.4) is 0 Å². The molecule has 114 valence electrons. The van der Waals surface area contributed by atoms with E-state index in [0.29, 0.717) is 31.5 Å². The third-order valence-electron chi connectivity index (χ3n) is 4.02. The summed E-state index contributed by atoms with van der Waals surface area (Å²) in [6, 6.07) is 0. The van der Waals surface area contributed by atoms with Crippen LogP contribution in [0.2, 0.25) is 0 Å². The van der Waals surface area contributed by atoms with Crippen molar-refractivity contribution in [3.05, 3.63) is 0 Å².